The Hall–Kier alpha value is -0.380. The number of thiol groups is 1. The molecule has 1 atom stereocenters. The van der Waals surface area contributed by atoms with E-state index in [9.17, 15) is 0 Å². The van der Waals surface area contributed by atoms with Gasteiger partial charge in [-0.3, -0.25) is 5.01 Å². The maximum atomic E-state index is 4.14. The van der Waals surface area contributed by atoms with Crippen molar-refractivity contribution < 1.29 is 0 Å². The molecule has 0 N–H and O–H groups in total. The first-order chi connectivity index (χ1) is 4.13. The van der Waals surface area contributed by atoms with Crippen LogP contribution in [0.2, 0.25) is 0 Å². The van der Waals surface area contributed by atoms with Crippen LogP contribution in [0.3, 0.4) is 0 Å². The van der Waals surface area contributed by atoms with Crippen LogP contribution in [-0.2, 0) is 0 Å². The molecule has 1 rings (SSSR count). The second-order valence-corrected chi connectivity index (χ2v) is 2.62. The Balaban J connectivity index is 2.70. The summed E-state index contributed by atoms with van der Waals surface area (Å²) in [6.45, 7) is 2.08. The van der Waals surface area contributed by atoms with Gasteiger partial charge in [-0.25, -0.2) is 0 Å². The second kappa shape index (κ2) is 2.10. The molecule has 0 aromatic rings. The summed E-state index contributed by atoms with van der Waals surface area (Å²) in [5, 5.41) is 6.75. The van der Waals surface area contributed by atoms with Crippen LogP contribution in [0.4, 0.5) is 0 Å². The second-order valence-electron chi connectivity index (χ2n) is 2.22. The van der Waals surface area contributed by atoms with Gasteiger partial charge in [-0.05, 0) is 6.92 Å². The summed E-state index contributed by atoms with van der Waals surface area (Å²) in [5.41, 5.74) is 0. The van der Waals surface area contributed by atoms with E-state index in [1.165, 1.54) is 0 Å². The minimum absolute atomic E-state index is 0.345. The van der Waals surface area contributed by atoms with Crippen LogP contribution in [0.15, 0.2) is 5.10 Å². The molecule has 3 nitrogen and oxygen atoms in total. The summed E-state index contributed by atoms with van der Waals surface area (Å²) in [7, 11) is 3.91. The van der Waals surface area contributed by atoms with Crippen molar-refractivity contribution in [3.8, 4) is 0 Å². The van der Waals surface area contributed by atoms with Crippen LogP contribution in [0.1, 0.15) is 6.92 Å². The molecular weight excluding hydrogens is 134 g/mol. The molecular formula is C5H11N3S. The zero-order chi connectivity index (χ0) is 7.02. The highest BCUT2D eigenvalue weighted by Crippen LogP contribution is 2.12. The lowest BCUT2D eigenvalue weighted by atomic mass is 10.5. The van der Waals surface area contributed by atoms with E-state index in [-0.39, 0.29) is 0 Å². The van der Waals surface area contributed by atoms with E-state index in [1.54, 1.807) is 0 Å². The fourth-order valence-corrected chi connectivity index (χ4v) is 1.02. The van der Waals surface area contributed by atoms with Gasteiger partial charge in [0.2, 0.25) is 0 Å². The van der Waals surface area contributed by atoms with E-state index in [4.69, 9.17) is 0 Å². The predicted octanol–water partition coefficient (Wildman–Crippen LogP) is 0.410. The Kier molecular flexibility index (Phi) is 1.57. The first kappa shape index (κ1) is 6.74. The van der Waals surface area contributed by atoms with Crippen molar-refractivity contribution in [1.82, 2.24) is 9.91 Å². The third-order valence-electron chi connectivity index (χ3n) is 1.66. The van der Waals surface area contributed by atoms with Crippen LogP contribution < -0.4 is 0 Å². The van der Waals surface area contributed by atoms with E-state index < -0.39 is 0 Å². The summed E-state index contributed by atoms with van der Waals surface area (Å²) in [6.07, 6.45) is 0.345. The maximum absolute atomic E-state index is 4.14. The lowest BCUT2D eigenvalue weighted by Crippen LogP contribution is -2.33. The lowest BCUT2D eigenvalue weighted by Gasteiger charge is -2.20. The van der Waals surface area contributed by atoms with Gasteiger partial charge in [-0.15, -0.1) is 12.6 Å². The third-order valence-corrected chi connectivity index (χ3v) is 2.07. The predicted molar refractivity (Wildman–Crippen MR) is 41.4 cm³/mol. The summed E-state index contributed by atoms with van der Waals surface area (Å²) in [5.74, 6) is 0. The lowest BCUT2D eigenvalue weighted by molar-refractivity contribution is 0.200. The zero-order valence-corrected chi connectivity index (χ0v) is 6.76. The van der Waals surface area contributed by atoms with E-state index in [0.29, 0.717) is 6.17 Å². The molecule has 52 valence electrons. The fraction of sp³-hybridized carbons (Fsp3) is 0.800. The molecule has 0 spiro atoms. The van der Waals surface area contributed by atoms with Gasteiger partial charge in [-0.1, -0.05) is 0 Å². The summed E-state index contributed by atoms with van der Waals surface area (Å²) >= 11 is 4.14. The van der Waals surface area contributed by atoms with Crippen molar-refractivity contribution >= 4 is 17.8 Å². The van der Waals surface area contributed by atoms with Gasteiger partial charge < -0.3 is 4.90 Å². The van der Waals surface area contributed by atoms with Gasteiger partial charge in [0.25, 0.3) is 0 Å². The van der Waals surface area contributed by atoms with Crippen LogP contribution in [-0.4, -0.2) is 35.3 Å². The molecule has 9 heavy (non-hydrogen) atoms. The highest BCUT2D eigenvalue weighted by molar-refractivity contribution is 7.96. The van der Waals surface area contributed by atoms with Crippen LogP contribution in [0, 0.1) is 0 Å². The van der Waals surface area contributed by atoms with Crippen molar-refractivity contribution in [2.24, 2.45) is 5.10 Å². The van der Waals surface area contributed by atoms with Gasteiger partial charge >= 0.3 is 0 Å². The van der Waals surface area contributed by atoms with Gasteiger partial charge in [0, 0.05) is 14.1 Å². The van der Waals surface area contributed by atoms with Crippen molar-refractivity contribution in [2.45, 2.75) is 13.1 Å². The van der Waals surface area contributed by atoms with Gasteiger partial charge in [0.15, 0.2) is 5.17 Å². The minimum Gasteiger partial charge on any atom is -0.332 e. The molecule has 0 aromatic carbocycles. The zero-order valence-electron chi connectivity index (χ0n) is 5.87. The topological polar surface area (TPSA) is 18.8 Å². The van der Waals surface area contributed by atoms with Crippen LogP contribution >= 0.6 is 12.6 Å². The summed E-state index contributed by atoms with van der Waals surface area (Å²) < 4.78 is 0. The SMILES string of the molecule is CC1N(C)N=C(S)N1C. The van der Waals surface area contributed by atoms with Gasteiger partial charge in [-0.2, -0.15) is 5.10 Å². The molecule has 1 unspecified atom stereocenters. The molecule has 0 fully saturated rings. The Morgan fingerprint density at radius 3 is 2.22 bits per heavy atom. The maximum Gasteiger partial charge on any atom is 0.181 e. The smallest absolute Gasteiger partial charge is 0.181 e. The Morgan fingerprint density at radius 2 is 2.11 bits per heavy atom. The highest BCUT2D eigenvalue weighted by Gasteiger charge is 2.21. The van der Waals surface area contributed by atoms with Crippen molar-refractivity contribution in [3.05, 3.63) is 0 Å². The molecule has 0 amide bonds. The van der Waals surface area contributed by atoms with E-state index >= 15 is 0 Å². The first-order valence-electron chi connectivity index (χ1n) is 2.86. The number of rotatable bonds is 0. The molecule has 4 heteroatoms. The monoisotopic (exact) mass is 145 g/mol. The molecule has 0 saturated carbocycles. The Bertz CT molecular complexity index is 145. The van der Waals surface area contributed by atoms with Gasteiger partial charge in [0.1, 0.15) is 6.17 Å². The van der Waals surface area contributed by atoms with Crippen molar-refractivity contribution in [2.75, 3.05) is 14.1 Å². The summed E-state index contributed by atoms with van der Waals surface area (Å²) in [6, 6.07) is 0. The fourth-order valence-electron chi connectivity index (χ4n) is 0.713. The molecule has 1 heterocycles. The largest absolute Gasteiger partial charge is 0.332 e. The molecule has 1 aliphatic rings. The number of hydrazone groups is 1. The molecule has 0 aromatic heterocycles. The number of amidine groups is 1. The molecule has 0 bridgehead atoms. The third kappa shape index (κ3) is 0.986. The minimum atomic E-state index is 0.345. The molecule has 1 aliphatic heterocycles. The average molecular weight is 145 g/mol. The van der Waals surface area contributed by atoms with Crippen LogP contribution in [0.25, 0.3) is 0 Å². The standard InChI is InChI=1S/C5H11N3S/c1-4-7(2)5(9)6-8(4)3/h4H,1-3H3,(H,6,9). The van der Waals surface area contributed by atoms with E-state index in [1.807, 2.05) is 24.0 Å². The van der Waals surface area contributed by atoms with E-state index in [2.05, 4.69) is 24.7 Å². The number of hydrogen-bond acceptors (Lipinski definition) is 3. The van der Waals surface area contributed by atoms with E-state index in [0.717, 1.165) is 5.17 Å². The van der Waals surface area contributed by atoms with Crippen molar-refractivity contribution in [1.29, 1.82) is 0 Å². The number of hydrogen-bond donors (Lipinski definition) is 1. The summed E-state index contributed by atoms with van der Waals surface area (Å²) in [4.78, 5) is 2.00. The van der Waals surface area contributed by atoms with Gasteiger partial charge in [0.05, 0.1) is 0 Å². The molecule has 0 aliphatic carbocycles. The van der Waals surface area contributed by atoms with Crippen molar-refractivity contribution in [3.63, 3.8) is 0 Å². The Labute approximate surface area is 60.7 Å². The molecule has 0 saturated heterocycles. The number of nitrogens with zero attached hydrogens (tertiary/aromatic N) is 3. The molecule has 0 radical (unpaired) electrons. The average Bonchev–Trinajstić information content (AvgIpc) is 1.98. The quantitative estimate of drug-likeness (QED) is 0.498. The highest BCUT2D eigenvalue weighted by atomic mass is 32.1. The first-order valence-corrected chi connectivity index (χ1v) is 3.31. The Morgan fingerprint density at radius 1 is 1.56 bits per heavy atom. The van der Waals surface area contributed by atoms with Crippen LogP contribution in [0.5, 0.6) is 0 Å². The normalized spacial score (nSPS) is 27.1.